The van der Waals surface area contributed by atoms with Gasteiger partial charge in [0.2, 0.25) is 0 Å². The van der Waals surface area contributed by atoms with Crippen LogP contribution in [0.5, 0.6) is 11.5 Å². The first-order chi connectivity index (χ1) is 12.6. The summed E-state index contributed by atoms with van der Waals surface area (Å²) in [6, 6.07) is 6.46. The quantitative estimate of drug-likeness (QED) is 0.737. The second kappa shape index (κ2) is 8.36. The highest BCUT2D eigenvalue weighted by molar-refractivity contribution is 5.43. The van der Waals surface area contributed by atoms with Crippen molar-refractivity contribution in [2.45, 2.75) is 52.2 Å². The maximum absolute atomic E-state index is 5.81. The van der Waals surface area contributed by atoms with Crippen LogP contribution in [0.25, 0.3) is 0 Å². The predicted molar refractivity (Wildman–Crippen MR) is 102 cm³/mol. The van der Waals surface area contributed by atoms with Gasteiger partial charge in [0.05, 0.1) is 13.7 Å². The van der Waals surface area contributed by atoms with Crippen LogP contribution in [0.15, 0.2) is 30.4 Å². The minimum Gasteiger partial charge on any atom is -0.493 e. The molecule has 0 bridgehead atoms. The summed E-state index contributed by atoms with van der Waals surface area (Å²) in [6.07, 6.45) is 2.94. The molecule has 140 valence electrons. The van der Waals surface area contributed by atoms with Crippen molar-refractivity contribution in [1.82, 2.24) is 20.1 Å². The normalized spacial score (nSPS) is 16.2. The molecule has 6 nitrogen and oxygen atoms in total. The van der Waals surface area contributed by atoms with E-state index in [-0.39, 0.29) is 0 Å². The van der Waals surface area contributed by atoms with Crippen molar-refractivity contribution in [3.05, 3.63) is 47.6 Å². The van der Waals surface area contributed by atoms with E-state index in [1.807, 2.05) is 19.1 Å². The standard InChI is InChI=1S/C20H28N4O2/c1-5-19-22-20-9-7-16(12-24(20)23-19)21-11-15-6-8-17(25-4)18(10-15)26-13-14(2)3/h6,8,10,16,21H,2,5,7,9,11-13H2,1,3-4H3. The van der Waals surface area contributed by atoms with Crippen molar-refractivity contribution in [3.63, 3.8) is 0 Å². The fraction of sp³-hybridized carbons (Fsp3) is 0.500. The Balaban J connectivity index is 1.60. The van der Waals surface area contributed by atoms with Crippen LogP contribution in [0.1, 0.15) is 37.5 Å². The highest BCUT2D eigenvalue weighted by Gasteiger charge is 2.21. The van der Waals surface area contributed by atoms with Crippen LogP contribution in [0.4, 0.5) is 0 Å². The van der Waals surface area contributed by atoms with E-state index in [0.717, 1.165) is 61.1 Å². The van der Waals surface area contributed by atoms with Crippen molar-refractivity contribution >= 4 is 0 Å². The first kappa shape index (κ1) is 18.5. The molecule has 0 radical (unpaired) electrons. The summed E-state index contributed by atoms with van der Waals surface area (Å²) in [6.45, 7) is 10.1. The molecule has 2 aromatic rings. The summed E-state index contributed by atoms with van der Waals surface area (Å²) in [5, 5.41) is 8.21. The molecule has 0 saturated carbocycles. The average Bonchev–Trinajstić information content (AvgIpc) is 3.07. The van der Waals surface area contributed by atoms with Gasteiger partial charge in [-0.3, -0.25) is 0 Å². The van der Waals surface area contributed by atoms with Gasteiger partial charge in [-0.25, -0.2) is 9.67 Å². The molecule has 1 aromatic carbocycles. The summed E-state index contributed by atoms with van der Waals surface area (Å²) in [5.74, 6) is 3.55. The lowest BCUT2D eigenvalue weighted by atomic mass is 10.1. The van der Waals surface area contributed by atoms with Crippen LogP contribution in [0.2, 0.25) is 0 Å². The Hall–Kier alpha value is -2.34. The van der Waals surface area contributed by atoms with E-state index in [2.05, 4.69) is 39.7 Å². The largest absolute Gasteiger partial charge is 0.493 e. The summed E-state index contributed by atoms with van der Waals surface area (Å²) < 4.78 is 13.2. The number of hydrogen-bond donors (Lipinski definition) is 1. The molecule has 0 aliphatic carbocycles. The average molecular weight is 356 g/mol. The van der Waals surface area contributed by atoms with Crippen LogP contribution >= 0.6 is 0 Å². The minimum atomic E-state index is 0.399. The lowest BCUT2D eigenvalue weighted by molar-refractivity contribution is 0.318. The number of nitrogens with one attached hydrogen (secondary N) is 1. The van der Waals surface area contributed by atoms with Crippen LogP contribution in [0.3, 0.4) is 0 Å². The molecule has 26 heavy (non-hydrogen) atoms. The van der Waals surface area contributed by atoms with Crippen molar-refractivity contribution < 1.29 is 9.47 Å². The number of nitrogens with zero attached hydrogens (tertiary/aromatic N) is 3. The van der Waals surface area contributed by atoms with Crippen LogP contribution in [0, 0.1) is 0 Å². The van der Waals surface area contributed by atoms with Gasteiger partial charge in [0.1, 0.15) is 12.4 Å². The fourth-order valence-corrected chi connectivity index (χ4v) is 3.08. The Bertz CT molecular complexity index is 769. The van der Waals surface area contributed by atoms with Crippen molar-refractivity contribution in [3.8, 4) is 11.5 Å². The highest BCUT2D eigenvalue weighted by Crippen LogP contribution is 2.28. The summed E-state index contributed by atoms with van der Waals surface area (Å²) >= 11 is 0. The Morgan fingerprint density at radius 3 is 2.96 bits per heavy atom. The van der Waals surface area contributed by atoms with E-state index in [1.165, 1.54) is 5.56 Å². The molecular weight excluding hydrogens is 328 g/mol. The number of fused-ring (bicyclic) bond motifs is 1. The Kier molecular flexibility index (Phi) is 5.93. The molecule has 1 aliphatic heterocycles. The lowest BCUT2D eigenvalue weighted by Gasteiger charge is -2.24. The van der Waals surface area contributed by atoms with Crippen molar-refractivity contribution in [1.29, 1.82) is 0 Å². The minimum absolute atomic E-state index is 0.399. The number of hydrogen-bond acceptors (Lipinski definition) is 5. The smallest absolute Gasteiger partial charge is 0.161 e. The molecule has 1 atom stereocenters. The highest BCUT2D eigenvalue weighted by atomic mass is 16.5. The van der Waals surface area contributed by atoms with Crippen LogP contribution < -0.4 is 14.8 Å². The molecule has 1 unspecified atom stereocenters. The fourth-order valence-electron chi connectivity index (χ4n) is 3.08. The first-order valence-electron chi connectivity index (χ1n) is 9.19. The number of aryl methyl sites for hydroxylation is 2. The van der Waals surface area contributed by atoms with Gasteiger partial charge in [-0.2, -0.15) is 5.10 Å². The van der Waals surface area contributed by atoms with E-state index >= 15 is 0 Å². The van der Waals surface area contributed by atoms with E-state index < -0.39 is 0 Å². The van der Waals surface area contributed by atoms with Gasteiger partial charge in [-0.15, -0.1) is 0 Å². The Morgan fingerprint density at radius 1 is 1.38 bits per heavy atom. The zero-order valence-electron chi connectivity index (χ0n) is 15.9. The topological polar surface area (TPSA) is 61.2 Å². The SMILES string of the molecule is C=C(C)COc1cc(CNC2CCc3nc(CC)nn3C2)ccc1OC. The monoisotopic (exact) mass is 356 g/mol. The molecule has 2 heterocycles. The number of methoxy groups -OCH3 is 1. The predicted octanol–water partition coefficient (Wildman–Crippen LogP) is 2.91. The maximum atomic E-state index is 5.81. The molecule has 0 fully saturated rings. The molecular formula is C20H28N4O2. The molecule has 1 N–H and O–H groups in total. The van der Waals surface area contributed by atoms with Gasteiger partial charge < -0.3 is 14.8 Å². The molecule has 1 aromatic heterocycles. The van der Waals surface area contributed by atoms with Crippen molar-refractivity contribution in [2.24, 2.45) is 0 Å². The van der Waals surface area contributed by atoms with E-state index in [0.29, 0.717) is 12.6 Å². The Morgan fingerprint density at radius 2 is 2.23 bits per heavy atom. The van der Waals surface area contributed by atoms with Gasteiger partial charge in [0.15, 0.2) is 17.3 Å². The Labute approximate surface area is 155 Å². The third-order valence-corrected chi connectivity index (χ3v) is 4.52. The number of aromatic nitrogens is 3. The molecule has 0 saturated heterocycles. The zero-order valence-corrected chi connectivity index (χ0v) is 15.9. The first-order valence-corrected chi connectivity index (χ1v) is 9.19. The van der Waals surface area contributed by atoms with Crippen LogP contribution in [-0.4, -0.2) is 34.5 Å². The second-order valence-electron chi connectivity index (χ2n) is 6.83. The zero-order chi connectivity index (χ0) is 18.5. The van der Waals surface area contributed by atoms with E-state index in [9.17, 15) is 0 Å². The summed E-state index contributed by atoms with van der Waals surface area (Å²) in [4.78, 5) is 4.57. The second-order valence-corrected chi connectivity index (χ2v) is 6.83. The van der Waals surface area contributed by atoms with Crippen LogP contribution in [-0.2, 0) is 25.9 Å². The molecule has 3 rings (SSSR count). The van der Waals surface area contributed by atoms with Gasteiger partial charge in [-0.1, -0.05) is 19.6 Å². The third-order valence-electron chi connectivity index (χ3n) is 4.52. The molecule has 6 heteroatoms. The summed E-state index contributed by atoms with van der Waals surface area (Å²) in [5.41, 5.74) is 2.15. The van der Waals surface area contributed by atoms with E-state index in [4.69, 9.17) is 9.47 Å². The van der Waals surface area contributed by atoms with Gasteiger partial charge in [-0.05, 0) is 36.6 Å². The third kappa shape index (κ3) is 4.43. The van der Waals surface area contributed by atoms with Gasteiger partial charge in [0.25, 0.3) is 0 Å². The molecule has 0 amide bonds. The number of rotatable bonds is 8. The van der Waals surface area contributed by atoms with Gasteiger partial charge >= 0.3 is 0 Å². The molecule has 1 aliphatic rings. The lowest BCUT2D eigenvalue weighted by Crippen LogP contribution is -2.37. The van der Waals surface area contributed by atoms with Crippen molar-refractivity contribution in [2.75, 3.05) is 13.7 Å². The summed E-state index contributed by atoms with van der Waals surface area (Å²) in [7, 11) is 1.66. The number of ether oxygens (including phenoxy) is 2. The van der Waals surface area contributed by atoms with Gasteiger partial charge in [0, 0.05) is 25.4 Å². The molecule has 0 spiro atoms. The number of benzene rings is 1. The maximum Gasteiger partial charge on any atom is 0.161 e. The van der Waals surface area contributed by atoms with E-state index in [1.54, 1.807) is 7.11 Å².